The Balaban J connectivity index is 3.00. The first kappa shape index (κ1) is 12.5. The van der Waals surface area contributed by atoms with Crippen molar-refractivity contribution in [2.24, 2.45) is 0 Å². The fraction of sp³-hybridized carbons (Fsp3) is 0.273. The van der Waals surface area contributed by atoms with E-state index in [0.29, 0.717) is 11.4 Å². The lowest BCUT2D eigenvalue weighted by atomic mass is 9.99. The fourth-order valence-corrected chi connectivity index (χ4v) is 1.77. The number of nitrogens with one attached hydrogen (secondary N) is 1. The molecule has 1 unspecified atom stereocenters. The molecule has 1 rings (SSSR count). The van der Waals surface area contributed by atoms with Crippen LogP contribution < -0.4 is 5.32 Å². The van der Waals surface area contributed by atoms with Crippen molar-refractivity contribution in [1.82, 2.24) is 5.32 Å². The van der Waals surface area contributed by atoms with E-state index in [9.17, 15) is 9.59 Å². The smallest absolute Gasteiger partial charge is 0.305 e. The molecule has 0 aromatic heterocycles. The average molecular weight is 242 g/mol. The van der Waals surface area contributed by atoms with Crippen LogP contribution in [0.1, 0.15) is 23.6 Å². The van der Waals surface area contributed by atoms with Crippen LogP contribution in [-0.4, -0.2) is 17.5 Å². The number of hydrogen-bond donors (Lipinski definition) is 2. The molecule has 2 N–H and O–H groups in total. The van der Waals surface area contributed by atoms with E-state index in [1.807, 2.05) is 6.92 Å². The van der Waals surface area contributed by atoms with Crippen molar-refractivity contribution in [3.05, 3.63) is 34.3 Å². The molecule has 1 amide bonds. The highest BCUT2D eigenvalue weighted by atomic mass is 35.5. The van der Waals surface area contributed by atoms with Crippen molar-refractivity contribution < 1.29 is 14.7 Å². The van der Waals surface area contributed by atoms with Crippen molar-refractivity contribution in [2.75, 3.05) is 0 Å². The first-order chi connectivity index (χ1) is 7.54. The number of amides is 1. The summed E-state index contributed by atoms with van der Waals surface area (Å²) in [5.41, 5.74) is 1.62. The highest BCUT2D eigenvalue weighted by Gasteiger charge is 2.16. The van der Waals surface area contributed by atoms with Crippen LogP contribution in [0.15, 0.2) is 18.2 Å². The molecular weight excluding hydrogens is 230 g/mol. The fourth-order valence-electron chi connectivity index (χ4n) is 1.55. The number of rotatable bonds is 5. The molecular formula is C11H12ClNO3. The summed E-state index contributed by atoms with van der Waals surface area (Å²) in [5.74, 6) is -0.964. The summed E-state index contributed by atoms with van der Waals surface area (Å²) < 4.78 is 0. The van der Waals surface area contributed by atoms with Gasteiger partial charge in [-0.1, -0.05) is 17.7 Å². The van der Waals surface area contributed by atoms with E-state index in [0.717, 1.165) is 11.1 Å². The van der Waals surface area contributed by atoms with E-state index in [4.69, 9.17) is 16.7 Å². The van der Waals surface area contributed by atoms with Gasteiger partial charge in [-0.15, -0.1) is 0 Å². The number of carbonyl (C=O) groups excluding carboxylic acids is 1. The topological polar surface area (TPSA) is 66.4 Å². The van der Waals surface area contributed by atoms with Gasteiger partial charge < -0.3 is 10.4 Å². The summed E-state index contributed by atoms with van der Waals surface area (Å²) in [4.78, 5) is 21.1. The summed E-state index contributed by atoms with van der Waals surface area (Å²) in [6, 6.07) is 4.61. The number of aryl methyl sites for hydroxylation is 1. The minimum absolute atomic E-state index is 0.152. The highest BCUT2D eigenvalue weighted by Crippen LogP contribution is 2.23. The summed E-state index contributed by atoms with van der Waals surface area (Å²) >= 11 is 5.80. The van der Waals surface area contributed by atoms with Crippen molar-refractivity contribution in [3.8, 4) is 0 Å². The predicted octanol–water partition coefficient (Wildman–Crippen LogP) is 1.91. The maximum Gasteiger partial charge on any atom is 0.305 e. The Labute approximate surface area is 98.2 Å². The van der Waals surface area contributed by atoms with Gasteiger partial charge in [-0.25, -0.2) is 0 Å². The van der Waals surface area contributed by atoms with E-state index in [1.165, 1.54) is 0 Å². The lowest BCUT2D eigenvalue weighted by molar-refractivity contribution is -0.137. The van der Waals surface area contributed by atoms with Crippen LogP contribution >= 0.6 is 11.6 Å². The van der Waals surface area contributed by atoms with E-state index >= 15 is 0 Å². The SMILES string of the molecule is Cc1cc(Cl)ccc1C(CC(=O)O)NC=O. The minimum atomic E-state index is -0.964. The summed E-state index contributed by atoms with van der Waals surface area (Å²) in [7, 11) is 0. The molecule has 16 heavy (non-hydrogen) atoms. The summed E-state index contributed by atoms with van der Waals surface area (Å²) in [6.45, 7) is 1.82. The highest BCUT2D eigenvalue weighted by molar-refractivity contribution is 6.30. The molecule has 0 aliphatic carbocycles. The van der Waals surface area contributed by atoms with Gasteiger partial charge >= 0.3 is 5.97 Å². The van der Waals surface area contributed by atoms with Gasteiger partial charge in [0, 0.05) is 5.02 Å². The van der Waals surface area contributed by atoms with Gasteiger partial charge in [-0.05, 0) is 30.2 Å². The number of hydrogen-bond acceptors (Lipinski definition) is 2. The molecule has 86 valence electrons. The number of benzene rings is 1. The third kappa shape index (κ3) is 3.24. The maximum atomic E-state index is 10.7. The average Bonchev–Trinajstić information content (AvgIpc) is 2.16. The number of halogens is 1. The van der Waals surface area contributed by atoms with Crippen LogP contribution in [0.4, 0.5) is 0 Å². The first-order valence-corrected chi connectivity index (χ1v) is 5.10. The molecule has 0 spiro atoms. The monoisotopic (exact) mass is 241 g/mol. The van der Waals surface area contributed by atoms with Gasteiger partial charge in [0.1, 0.15) is 0 Å². The van der Waals surface area contributed by atoms with Crippen LogP contribution in [-0.2, 0) is 9.59 Å². The summed E-state index contributed by atoms with van der Waals surface area (Å²) in [6.07, 6.45) is 0.350. The second kappa shape index (κ2) is 5.51. The van der Waals surface area contributed by atoms with Gasteiger partial charge in [0.15, 0.2) is 0 Å². The first-order valence-electron chi connectivity index (χ1n) is 4.72. The molecule has 0 aliphatic rings. The van der Waals surface area contributed by atoms with Crippen LogP contribution in [0.3, 0.4) is 0 Å². The molecule has 0 heterocycles. The summed E-state index contributed by atoms with van der Waals surface area (Å²) in [5, 5.41) is 11.8. The molecule has 1 atom stereocenters. The van der Waals surface area contributed by atoms with E-state index in [-0.39, 0.29) is 6.42 Å². The van der Waals surface area contributed by atoms with Crippen molar-refractivity contribution >= 4 is 24.0 Å². The standard InChI is InChI=1S/C11H12ClNO3/c1-7-4-8(12)2-3-9(7)10(13-6-14)5-11(15)16/h2-4,6,10H,5H2,1H3,(H,13,14)(H,15,16). The van der Waals surface area contributed by atoms with E-state index in [1.54, 1.807) is 18.2 Å². The Morgan fingerprint density at radius 1 is 1.62 bits per heavy atom. The molecule has 0 bridgehead atoms. The van der Waals surface area contributed by atoms with Gasteiger partial charge in [0.25, 0.3) is 0 Å². The molecule has 0 saturated carbocycles. The van der Waals surface area contributed by atoms with Gasteiger partial charge in [0.2, 0.25) is 6.41 Å². The molecule has 5 heteroatoms. The molecule has 0 saturated heterocycles. The maximum absolute atomic E-state index is 10.7. The zero-order valence-electron chi connectivity index (χ0n) is 8.74. The lowest BCUT2D eigenvalue weighted by Crippen LogP contribution is -2.23. The Bertz CT molecular complexity index is 406. The lowest BCUT2D eigenvalue weighted by Gasteiger charge is -2.16. The van der Waals surface area contributed by atoms with Gasteiger partial charge in [0.05, 0.1) is 12.5 Å². The Morgan fingerprint density at radius 3 is 2.81 bits per heavy atom. The Hall–Kier alpha value is -1.55. The van der Waals surface area contributed by atoms with Crippen LogP contribution in [0.25, 0.3) is 0 Å². The molecule has 0 radical (unpaired) electrons. The molecule has 1 aromatic rings. The second-order valence-electron chi connectivity index (χ2n) is 3.44. The predicted molar refractivity (Wildman–Crippen MR) is 60.4 cm³/mol. The molecule has 4 nitrogen and oxygen atoms in total. The van der Waals surface area contributed by atoms with E-state index in [2.05, 4.69) is 5.32 Å². The number of carbonyl (C=O) groups is 2. The van der Waals surface area contributed by atoms with Gasteiger partial charge in [-0.3, -0.25) is 9.59 Å². The molecule has 0 aliphatic heterocycles. The van der Waals surface area contributed by atoms with Crippen LogP contribution in [0.2, 0.25) is 5.02 Å². The molecule has 1 aromatic carbocycles. The Morgan fingerprint density at radius 2 is 2.31 bits per heavy atom. The third-order valence-corrected chi connectivity index (χ3v) is 2.49. The zero-order valence-corrected chi connectivity index (χ0v) is 9.49. The number of aliphatic carboxylic acids is 1. The van der Waals surface area contributed by atoms with Crippen LogP contribution in [0.5, 0.6) is 0 Å². The quantitative estimate of drug-likeness (QED) is 0.774. The normalized spacial score (nSPS) is 11.9. The van der Waals surface area contributed by atoms with E-state index < -0.39 is 12.0 Å². The Kier molecular flexibility index (Phi) is 4.31. The number of carboxylic acid groups (broad SMARTS) is 1. The third-order valence-electron chi connectivity index (χ3n) is 2.26. The second-order valence-corrected chi connectivity index (χ2v) is 3.87. The zero-order chi connectivity index (χ0) is 12.1. The van der Waals surface area contributed by atoms with Crippen molar-refractivity contribution in [2.45, 2.75) is 19.4 Å². The van der Waals surface area contributed by atoms with Crippen LogP contribution in [0, 0.1) is 6.92 Å². The largest absolute Gasteiger partial charge is 0.481 e. The molecule has 0 fully saturated rings. The number of carboxylic acids is 1. The van der Waals surface area contributed by atoms with Crippen molar-refractivity contribution in [1.29, 1.82) is 0 Å². The van der Waals surface area contributed by atoms with Crippen molar-refractivity contribution in [3.63, 3.8) is 0 Å². The van der Waals surface area contributed by atoms with Gasteiger partial charge in [-0.2, -0.15) is 0 Å². The minimum Gasteiger partial charge on any atom is -0.481 e.